The molecular weight excluding hydrogens is 302 g/mol. The summed E-state index contributed by atoms with van der Waals surface area (Å²) in [6.07, 6.45) is 4.42. The van der Waals surface area contributed by atoms with Crippen molar-refractivity contribution in [1.29, 1.82) is 0 Å². The number of rotatable bonds is 5. The first-order chi connectivity index (χ1) is 10.1. The summed E-state index contributed by atoms with van der Waals surface area (Å²) in [6.45, 7) is 0.483. The van der Waals surface area contributed by atoms with Crippen LogP contribution in [0.2, 0.25) is 0 Å². The summed E-state index contributed by atoms with van der Waals surface area (Å²) >= 11 is 1.26. The Morgan fingerprint density at radius 2 is 1.76 bits per heavy atom. The first kappa shape index (κ1) is 14.8. The lowest BCUT2D eigenvalue weighted by Crippen LogP contribution is -2.38. The van der Waals surface area contributed by atoms with Gasteiger partial charge < -0.3 is 0 Å². The molecule has 3 rings (SSSR count). The van der Waals surface area contributed by atoms with Gasteiger partial charge in [0.2, 0.25) is 10.0 Å². The van der Waals surface area contributed by atoms with Crippen LogP contribution in [0.15, 0.2) is 52.1 Å². The lowest BCUT2D eigenvalue weighted by atomic mass is 9.79. The Hall–Kier alpha value is -1.17. The molecule has 0 aliphatic heterocycles. The Bertz CT molecular complexity index is 672. The monoisotopic (exact) mass is 321 g/mol. The summed E-state index contributed by atoms with van der Waals surface area (Å²) in [5.74, 6) is 0. The van der Waals surface area contributed by atoms with Crippen LogP contribution < -0.4 is 4.72 Å². The molecule has 1 aliphatic carbocycles. The maximum absolute atomic E-state index is 12.3. The predicted molar refractivity (Wildman–Crippen MR) is 86.1 cm³/mol. The highest BCUT2D eigenvalue weighted by Gasteiger charge is 2.36. The van der Waals surface area contributed by atoms with Crippen LogP contribution in [-0.2, 0) is 15.4 Å². The van der Waals surface area contributed by atoms with Gasteiger partial charge in [-0.3, -0.25) is 0 Å². The predicted octanol–water partition coefficient (Wildman–Crippen LogP) is 3.54. The van der Waals surface area contributed by atoms with Gasteiger partial charge in [-0.15, -0.1) is 11.3 Å². The second-order valence-electron chi connectivity index (χ2n) is 5.61. The van der Waals surface area contributed by atoms with Gasteiger partial charge in [0, 0.05) is 12.0 Å². The second-order valence-corrected chi connectivity index (χ2v) is 8.55. The highest BCUT2D eigenvalue weighted by Crippen LogP contribution is 2.40. The number of sulfonamides is 1. The molecule has 0 saturated heterocycles. The zero-order valence-electron chi connectivity index (χ0n) is 11.8. The largest absolute Gasteiger partial charge is 0.250 e. The Morgan fingerprint density at radius 1 is 1.05 bits per heavy atom. The van der Waals surface area contributed by atoms with Crippen LogP contribution in [0.1, 0.15) is 31.2 Å². The van der Waals surface area contributed by atoms with Crippen LogP contribution in [0.3, 0.4) is 0 Å². The summed E-state index contributed by atoms with van der Waals surface area (Å²) in [6, 6.07) is 13.7. The molecule has 2 aromatic rings. The van der Waals surface area contributed by atoms with Crippen LogP contribution in [0.4, 0.5) is 0 Å². The molecule has 112 valence electrons. The summed E-state index contributed by atoms with van der Waals surface area (Å²) in [4.78, 5) is 0. The van der Waals surface area contributed by atoms with Gasteiger partial charge in [0.15, 0.2) is 0 Å². The topological polar surface area (TPSA) is 46.2 Å². The molecule has 1 aliphatic rings. The normalized spacial score (nSPS) is 17.9. The standard InChI is InChI=1S/C16H19NO2S2/c18-21(19,15-9-6-12-20-15)17-13-16(10-4-5-11-16)14-7-2-1-3-8-14/h1-3,6-9,12,17H,4-5,10-11,13H2. The van der Waals surface area contributed by atoms with E-state index in [1.54, 1.807) is 17.5 Å². The van der Waals surface area contributed by atoms with E-state index in [1.165, 1.54) is 16.9 Å². The third-order valence-electron chi connectivity index (χ3n) is 4.31. The van der Waals surface area contributed by atoms with E-state index < -0.39 is 10.0 Å². The summed E-state index contributed by atoms with van der Waals surface area (Å²) < 4.78 is 27.9. The maximum atomic E-state index is 12.3. The minimum absolute atomic E-state index is 0.0500. The molecule has 0 atom stereocenters. The van der Waals surface area contributed by atoms with Crippen molar-refractivity contribution >= 4 is 21.4 Å². The van der Waals surface area contributed by atoms with Crippen molar-refractivity contribution in [3.63, 3.8) is 0 Å². The van der Waals surface area contributed by atoms with Gasteiger partial charge in [-0.2, -0.15) is 0 Å². The van der Waals surface area contributed by atoms with Gasteiger partial charge in [0.1, 0.15) is 4.21 Å². The molecule has 1 aromatic heterocycles. The van der Waals surface area contributed by atoms with Gasteiger partial charge in [0.05, 0.1) is 0 Å². The number of hydrogen-bond donors (Lipinski definition) is 1. The van der Waals surface area contributed by atoms with Crippen molar-refractivity contribution in [2.75, 3.05) is 6.54 Å². The minimum Gasteiger partial charge on any atom is -0.210 e. The highest BCUT2D eigenvalue weighted by molar-refractivity contribution is 7.91. The molecule has 1 N–H and O–H groups in total. The van der Waals surface area contributed by atoms with E-state index in [4.69, 9.17) is 0 Å². The van der Waals surface area contributed by atoms with Crippen LogP contribution in [-0.4, -0.2) is 15.0 Å². The van der Waals surface area contributed by atoms with Gasteiger partial charge >= 0.3 is 0 Å². The second kappa shape index (κ2) is 5.91. The quantitative estimate of drug-likeness (QED) is 0.915. The Morgan fingerprint density at radius 3 is 2.38 bits per heavy atom. The minimum atomic E-state index is -3.38. The SMILES string of the molecule is O=S(=O)(NCC1(c2ccccc2)CCCC1)c1cccs1. The molecule has 3 nitrogen and oxygen atoms in total. The van der Waals surface area contributed by atoms with E-state index in [0.29, 0.717) is 10.8 Å². The molecule has 0 radical (unpaired) electrons. The first-order valence-corrected chi connectivity index (χ1v) is 9.57. The van der Waals surface area contributed by atoms with E-state index in [1.807, 2.05) is 18.2 Å². The number of nitrogens with one attached hydrogen (secondary N) is 1. The fourth-order valence-corrected chi connectivity index (χ4v) is 5.30. The molecule has 0 spiro atoms. The van der Waals surface area contributed by atoms with Crippen molar-refractivity contribution < 1.29 is 8.42 Å². The molecule has 0 unspecified atom stereocenters. The number of hydrogen-bond acceptors (Lipinski definition) is 3. The lowest BCUT2D eigenvalue weighted by Gasteiger charge is -2.29. The zero-order chi connectivity index (χ0) is 14.8. The first-order valence-electron chi connectivity index (χ1n) is 7.21. The van der Waals surface area contributed by atoms with Gasteiger partial charge in [-0.1, -0.05) is 49.2 Å². The molecule has 1 aromatic carbocycles. The fraction of sp³-hybridized carbons (Fsp3) is 0.375. The summed E-state index contributed by atoms with van der Waals surface area (Å²) in [5.41, 5.74) is 1.20. The molecule has 21 heavy (non-hydrogen) atoms. The van der Waals surface area contributed by atoms with Gasteiger partial charge in [-0.05, 0) is 29.9 Å². The van der Waals surface area contributed by atoms with Crippen LogP contribution in [0, 0.1) is 0 Å². The van der Waals surface area contributed by atoms with Crippen molar-refractivity contribution in [3.05, 3.63) is 53.4 Å². The molecule has 5 heteroatoms. The third-order valence-corrected chi connectivity index (χ3v) is 7.11. The maximum Gasteiger partial charge on any atom is 0.250 e. The van der Waals surface area contributed by atoms with E-state index in [2.05, 4.69) is 16.9 Å². The van der Waals surface area contributed by atoms with Gasteiger partial charge in [-0.25, -0.2) is 13.1 Å². The van der Waals surface area contributed by atoms with Crippen molar-refractivity contribution in [2.24, 2.45) is 0 Å². The fourth-order valence-electron chi connectivity index (χ4n) is 3.13. The molecule has 0 bridgehead atoms. The van der Waals surface area contributed by atoms with E-state index in [9.17, 15) is 8.42 Å². The van der Waals surface area contributed by atoms with Crippen LogP contribution in [0.5, 0.6) is 0 Å². The van der Waals surface area contributed by atoms with Crippen molar-refractivity contribution in [1.82, 2.24) is 4.72 Å². The smallest absolute Gasteiger partial charge is 0.210 e. The van der Waals surface area contributed by atoms with E-state index in [0.717, 1.165) is 25.7 Å². The average molecular weight is 321 g/mol. The Labute approximate surface area is 130 Å². The van der Waals surface area contributed by atoms with E-state index >= 15 is 0 Å². The lowest BCUT2D eigenvalue weighted by molar-refractivity contribution is 0.432. The van der Waals surface area contributed by atoms with E-state index in [-0.39, 0.29) is 5.41 Å². The molecular formula is C16H19NO2S2. The highest BCUT2D eigenvalue weighted by atomic mass is 32.2. The average Bonchev–Trinajstić information content (AvgIpc) is 3.19. The third kappa shape index (κ3) is 3.05. The van der Waals surface area contributed by atoms with Gasteiger partial charge in [0.25, 0.3) is 0 Å². The Kier molecular flexibility index (Phi) is 4.15. The Balaban J connectivity index is 1.81. The molecule has 1 fully saturated rings. The van der Waals surface area contributed by atoms with Crippen molar-refractivity contribution in [2.45, 2.75) is 35.3 Å². The molecule has 0 amide bonds. The zero-order valence-corrected chi connectivity index (χ0v) is 13.4. The number of benzene rings is 1. The summed E-state index contributed by atoms with van der Waals surface area (Å²) in [5, 5.41) is 1.79. The summed E-state index contributed by atoms with van der Waals surface area (Å²) in [7, 11) is -3.38. The molecule has 1 heterocycles. The van der Waals surface area contributed by atoms with Crippen molar-refractivity contribution in [3.8, 4) is 0 Å². The van der Waals surface area contributed by atoms with Crippen LogP contribution in [0.25, 0.3) is 0 Å². The molecule has 1 saturated carbocycles. The number of thiophene rings is 1. The van der Waals surface area contributed by atoms with Crippen LogP contribution >= 0.6 is 11.3 Å².